The Morgan fingerprint density at radius 2 is 2.53 bits per heavy atom. The van der Waals surface area contributed by atoms with Crippen molar-refractivity contribution in [2.24, 2.45) is 0 Å². The molecule has 1 amide bonds. The van der Waals surface area contributed by atoms with Gasteiger partial charge in [-0.15, -0.1) is 11.3 Å². The number of rotatable bonds is 4. The number of nitrogens with one attached hydrogen (secondary N) is 1. The maximum atomic E-state index is 11.8. The molecule has 0 saturated carbocycles. The molecule has 17 heavy (non-hydrogen) atoms. The lowest BCUT2D eigenvalue weighted by Crippen LogP contribution is -2.46. The van der Waals surface area contributed by atoms with Gasteiger partial charge in [-0.1, -0.05) is 6.07 Å². The molecule has 0 radical (unpaired) electrons. The van der Waals surface area contributed by atoms with Crippen LogP contribution in [0.2, 0.25) is 0 Å². The average Bonchev–Trinajstić information content (AvgIpc) is 2.82. The first-order valence-corrected chi connectivity index (χ1v) is 6.66. The lowest BCUT2D eigenvalue weighted by atomic mass is 10.2. The van der Waals surface area contributed by atoms with Gasteiger partial charge in [-0.3, -0.25) is 4.79 Å². The van der Waals surface area contributed by atoms with Gasteiger partial charge in [-0.2, -0.15) is 0 Å². The van der Waals surface area contributed by atoms with E-state index in [1.54, 1.807) is 11.3 Å². The number of thiophene rings is 1. The summed E-state index contributed by atoms with van der Waals surface area (Å²) in [6.45, 7) is 3.44. The first-order chi connectivity index (χ1) is 8.25. The molecule has 0 aliphatic carbocycles. The first kappa shape index (κ1) is 12.5. The van der Waals surface area contributed by atoms with E-state index in [2.05, 4.69) is 11.4 Å². The number of carbonyl (C=O) groups is 1. The van der Waals surface area contributed by atoms with Gasteiger partial charge in [-0.05, 0) is 18.4 Å². The van der Waals surface area contributed by atoms with E-state index in [0.29, 0.717) is 19.8 Å². The SMILES string of the molecule is CC(Cc1cccs1)NC(=O)C1COCCO1. The fraction of sp³-hybridized carbons (Fsp3) is 0.583. The molecule has 1 aromatic heterocycles. The van der Waals surface area contributed by atoms with Crippen LogP contribution in [-0.4, -0.2) is 37.9 Å². The van der Waals surface area contributed by atoms with Crippen LogP contribution in [0.4, 0.5) is 0 Å². The molecular weight excluding hydrogens is 238 g/mol. The molecule has 2 heterocycles. The fourth-order valence-corrected chi connectivity index (χ4v) is 2.59. The molecule has 5 heteroatoms. The van der Waals surface area contributed by atoms with Crippen LogP contribution in [0.15, 0.2) is 17.5 Å². The molecule has 1 aliphatic rings. The summed E-state index contributed by atoms with van der Waals surface area (Å²) in [5.74, 6) is -0.0752. The minimum Gasteiger partial charge on any atom is -0.376 e. The molecule has 1 saturated heterocycles. The Kier molecular flexibility index (Phi) is 4.53. The molecule has 2 atom stereocenters. The molecule has 1 aliphatic heterocycles. The Morgan fingerprint density at radius 1 is 1.65 bits per heavy atom. The van der Waals surface area contributed by atoms with Gasteiger partial charge in [-0.25, -0.2) is 0 Å². The molecule has 2 rings (SSSR count). The summed E-state index contributed by atoms with van der Waals surface area (Å²) in [5, 5.41) is 4.99. The second kappa shape index (κ2) is 6.14. The first-order valence-electron chi connectivity index (χ1n) is 5.78. The predicted molar refractivity (Wildman–Crippen MR) is 66.2 cm³/mol. The Balaban J connectivity index is 1.77. The smallest absolute Gasteiger partial charge is 0.251 e. The zero-order valence-corrected chi connectivity index (χ0v) is 10.7. The summed E-state index contributed by atoms with van der Waals surface area (Å²) in [6.07, 6.45) is 0.409. The number of ether oxygens (including phenoxy) is 2. The number of hydrogen-bond acceptors (Lipinski definition) is 4. The largest absolute Gasteiger partial charge is 0.376 e. The van der Waals surface area contributed by atoms with Gasteiger partial charge < -0.3 is 14.8 Å². The number of hydrogen-bond donors (Lipinski definition) is 1. The Morgan fingerprint density at radius 3 is 3.18 bits per heavy atom. The molecule has 1 N–H and O–H groups in total. The summed E-state index contributed by atoms with van der Waals surface area (Å²) < 4.78 is 10.5. The van der Waals surface area contributed by atoms with Crippen LogP contribution in [-0.2, 0) is 20.7 Å². The van der Waals surface area contributed by atoms with Crippen LogP contribution < -0.4 is 5.32 Å². The van der Waals surface area contributed by atoms with Gasteiger partial charge >= 0.3 is 0 Å². The zero-order valence-electron chi connectivity index (χ0n) is 9.85. The van der Waals surface area contributed by atoms with E-state index in [1.165, 1.54) is 4.88 Å². The summed E-state index contributed by atoms with van der Waals surface area (Å²) in [4.78, 5) is 13.1. The second-order valence-electron chi connectivity index (χ2n) is 4.13. The van der Waals surface area contributed by atoms with Gasteiger partial charge in [0, 0.05) is 17.3 Å². The topological polar surface area (TPSA) is 47.6 Å². The second-order valence-corrected chi connectivity index (χ2v) is 5.16. The third-order valence-corrected chi connectivity index (χ3v) is 3.48. The molecule has 94 valence electrons. The van der Waals surface area contributed by atoms with Crippen molar-refractivity contribution in [2.45, 2.75) is 25.5 Å². The van der Waals surface area contributed by atoms with Gasteiger partial charge in [0.2, 0.25) is 0 Å². The van der Waals surface area contributed by atoms with Crippen LogP contribution in [0.25, 0.3) is 0 Å². The van der Waals surface area contributed by atoms with Crippen LogP contribution in [0.1, 0.15) is 11.8 Å². The Hall–Kier alpha value is -0.910. The predicted octanol–water partition coefficient (Wildman–Crippen LogP) is 1.21. The molecule has 0 aromatic carbocycles. The average molecular weight is 255 g/mol. The van der Waals surface area contributed by atoms with Crippen molar-refractivity contribution in [3.8, 4) is 0 Å². The van der Waals surface area contributed by atoms with Crippen molar-refractivity contribution in [2.75, 3.05) is 19.8 Å². The summed E-state index contributed by atoms with van der Waals surface area (Å²) in [7, 11) is 0. The van der Waals surface area contributed by atoms with E-state index in [-0.39, 0.29) is 11.9 Å². The van der Waals surface area contributed by atoms with E-state index in [4.69, 9.17) is 9.47 Å². The minimum atomic E-state index is -0.450. The quantitative estimate of drug-likeness (QED) is 0.879. The summed E-state index contributed by atoms with van der Waals surface area (Å²) >= 11 is 1.71. The molecule has 0 bridgehead atoms. The highest BCUT2D eigenvalue weighted by Gasteiger charge is 2.23. The monoisotopic (exact) mass is 255 g/mol. The highest BCUT2D eigenvalue weighted by molar-refractivity contribution is 7.09. The molecule has 1 fully saturated rings. The van der Waals surface area contributed by atoms with Crippen LogP contribution in [0.5, 0.6) is 0 Å². The zero-order chi connectivity index (χ0) is 12.1. The maximum Gasteiger partial charge on any atom is 0.251 e. The molecule has 1 aromatic rings. The van der Waals surface area contributed by atoms with Crippen LogP contribution >= 0.6 is 11.3 Å². The van der Waals surface area contributed by atoms with Crippen molar-refractivity contribution >= 4 is 17.2 Å². The third kappa shape index (κ3) is 3.80. The Labute approximate surface area is 105 Å². The van der Waals surface area contributed by atoms with Crippen molar-refractivity contribution in [1.29, 1.82) is 0 Å². The Bertz CT molecular complexity index is 347. The van der Waals surface area contributed by atoms with Gasteiger partial charge in [0.1, 0.15) is 0 Å². The molecule has 2 unspecified atom stereocenters. The standard InChI is InChI=1S/C12H17NO3S/c1-9(7-10-3-2-6-17-10)13-12(14)11-8-15-4-5-16-11/h2-3,6,9,11H,4-5,7-8H2,1H3,(H,13,14). The van der Waals surface area contributed by atoms with Gasteiger partial charge in [0.15, 0.2) is 6.10 Å². The van der Waals surface area contributed by atoms with Gasteiger partial charge in [0.25, 0.3) is 5.91 Å². The molecule has 4 nitrogen and oxygen atoms in total. The van der Waals surface area contributed by atoms with E-state index in [9.17, 15) is 4.79 Å². The molecular formula is C12H17NO3S. The molecule has 0 spiro atoms. The van der Waals surface area contributed by atoms with E-state index in [1.807, 2.05) is 18.4 Å². The lowest BCUT2D eigenvalue weighted by molar-refractivity contribution is -0.148. The van der Waals surface area contributed by atoms with Crippen LogP contribution in [0.3, 0.4) is 0 Å². The van der Waals surface area contributed by atoms with Gasteiger partial charge in [0.05, 0.1) is 19.8 Å². The lowest BCUT2D eigenvalue weighted by Gasteiger charge is -2.23. The summed E-state index contributed by atoms with van der Waals surface area (Å²) in [6, 6.07) is 4.21. The normalized spacial score (nSPS) is 22.1. The van der Waals surface area contributed by atoms with E-state index >= 15 is 0 Å². The van der Waals surface area contributed by atoms with Crippen molar-refractivity contribution < 1.29 is 14.3 Å². The van der Waals surface area contributed by atoms with Crippen LogP contribution in [0, 0.1) is 0 Å². The van der Waals surface area contributed by atoms with Crippen molar-refractivity contribution in [3.63, 3.8) is 0 Å². The summed E-state index contributed by atoms with van der Waals surface area (Å²) in [5.41, 5.74) is 0. The maximum absolute atomic E-state index is 11.8. The van der Waals surface area contributed by atoms with E-state index in [0.717, 1.165) is 6.42 Å². The van der Waals surface area contributed by atoms with Crippen molar-refractivity contribution in [3.05, 3.63) is 22.4 Å². The minimum absolute atomic E-state index is 0.0752. The fourth-order valence-electron chi connectivity index (χ4n) is 1.76. The van der Waals surface area contributed by atoms with E-state index < -0.39 is 6.10 Å². The van der Waals surface area contributed by atoms with Crippen molar-refractivity contribution in [1.82, 2.24) is 5.32 Å². The number of carbonyl (C=O) groups excluding carboxylic acids is 1. The highest BCUT2D eigenvalue weighted by atomic mass is 32.1. The third-order valence-electron chi connectivity index (χ3n) is 2.58. The number of amides is 1. The highest BCUT2D eigenvalue weighted by Crippen LogP contribution is 2.11.